The third-order valence-corrected chi connectivity index (χ3v) is 3.77. The number of aliphatic imine (C=N–C) groups is 1. The largest absolute Gasteiger partial charge is 0.373 e. The Kier molecular flexibility index (Phi) is 3.02. The molecule has 0 amide bonds. The molecule has 2 aliphatic heterocycles. The number of hydrogen-bond acceptors (Lipinski definition) is 4. The molecule has 0 aliphatic carbocycles. The molecule has 2 unspecified atom stereocenters. The Morgan fingerprint density at radius 3 is 3.14 bits per heavy atom. The molecule has 3 nitrogen and oxygen atoms in total. The van der Waals surface area contributed by atoms with Crippen LogP contribution >= 0.6 is 11.8 Å². The van der Waals surface area contributed by atoms with Crippen LogP contribution in [0.5, 0.6) is 0 Å². The zero-order chi connectivity index (χ0) is 10.0. The van der Waals surface area contributed by atoms with Crippen LogP contribution in [0.1, 0.15) is 26.7 Å². The van der Waals surface area contributed by atoms with Crippen LogP contribution in [0.4, 0.5) is 0 Å². The van der Waals surface area contributed by atoms with Gasteiger partial charge in [0.15, 0.2) is 5.17 Å². The fourth-order valence-electron chi connectivity index (χ4n) is 1.81. The molecule has 2 atom stereocenters. The smallest absolute Gasteiger partial charge is 0.157 e. The highest BCUT2D eigenvalue weighted by molar-refractivity contribution is 8.14. The van der Waals surface area contributed by atoms with Gasteiger partial charge in [-0.3, -0.25) is 4.99 Å². The van der Waals surface area contributed by atoms with Crippen LogP contribution < -0.4 is 5.32 Å². The number of nitrogens with one attached hydrogen (secondary N) is 1. The normalized spacial score (nSPS) is 37.3. The van der Waals surface area contributed by atoms with E-state index < -0.39 is 0 Å². The Bertz CT molecular complexity index is 236. The summed E-state index contributed by atoms with van der Waals surface area (Å²) in [6.07, 6.45) is 2.35. The summed E-state index contributed by atoms with van der Waals surface area (Å²) >= 11 is 1.83. The van der Waals surface area contributed by atoms with E-state index in [-0.39, 0.29) is 5.60 Å². The molecular formula is C10H18N2OS. The van der Waals surface area contributed by atoms with Gasteiger partial charge in [0.25, 0.3) is 0 Å². The summed E-state index contributed by atoms with van der Waals surface area (Å²) in [6.45, 7) is 7.14. The molecule has 1 N–H and O–H groups in total. The maximum Gasteiger partial charge on any atom is 0.157 e. The fraction of sp³-hybridized carbons (Fsp3) is 0.900. The van der Waals surface area contributed by atoms with Gasteiger partial charge in [-0.1, -0.05) is 18.7 Å². The number of ether oxygens (including phenoxy) is 1. The SMILES string of the molecule is CC1CN=C(NCC2(C)CCCO2)S1. The molecule has 0 radical (unpaired) electrons. The van der Waals surface area contributed by atoms with E-state index >= 15 is 0 Å². The molecule has 0 spiro atoms. The van der Waals surface area contributed by atoms with E-state index in [1.165, 1.54) is 6.42 Å². The molecule has 2 aliphatic rings. The van der Waals surface area contributed by atoms with Gasteiger partial charge in [0.2, 0.25) is 0 Å². The van der Waals surface area contributed by atoms with Gasteiger partial charge in [-0.25, -0.2) is 0 Å². The Labute approximate surface area is 89.7 Å². The number of rotatable bonds is 2. The summed E-state index contributed by atoms with van der Waals surface area (Å²) in [5, 5.41) is 5.11. The molecule has 2 heterocycles. The Morgan fingerprint density at radius 2 is 2.57 bits per heavy atom. The first-order valence-electron chi connectivity index (χ1n) is 5.27. The molecule has 0 saturated carbocycles. The average Bonchev–Trinajstić information content (AvgIpc) is 2.73. The first-order valence-corrected chi connectivity index (χ1v) is 6.15. The molecule has 2 rings (SSSR count). The minimum atomic E-state index is 0.0366. The third kappa shape index (κ3) is 2.42. The summed E-state index contributed by atoms with van der Waals surface area (Å²) in [4.78, 5) is 4.42. The molecule has 14 heavy (non-hydrogen) atoms. The lowest BCUT2D eigenvalue weighted by molar-refractivity contribution is 0.0246. The van der Waals surface area contributed by atoms with Crippen molar-refractivity contribution in [2.24, 2.45) is 4.99 Å². The van der Waals surface area contributed by atoms with Crippen molar-refractivity contribution < 1.29 is 4.74 Å². The van der Waals surface area contributed by atoms with Crippen molar-refractivity contribution in [3.8, 4) is 0 Å². The minimum Gasteiger partial charge on any atom is -0.373 e. The van der Waals surface area contributed by atoms with Gasteiger partial charge < -0.3 is 10.1 Å². The van der Waals surface area contributed by atoms with Gasteiger partial charge in [-0.05, 0) is 19.8 Å². The van der Waals surface area contributed by atoms with Gasteiger partial charge in [0.1, 0.15) is 0 Å². The van der Waals surface area contributed by atoms with Gasteiger partial charge in [-0.2, -0.15) is 0 Å². The van der Waals surface area contributed by atoms with Crippen LogP contribution in [0.15, 0.2) is 4.99 Å². The highest BCUT2D eigenvalue weighted by atomic mass is 32.2. The van der Waals surface area contributed by atoms with E-state index in [1.807, 2.05) is 11.8 Å². The molecule has 4 heteroatoms. The van der Waals surface area contributed by atoms with E-state index in [0.717, 1.165) is 31.3 Å². The molecule has 1 saturated heterocycles. The number of hydrogen-bond donors (Lipinski definition) is 1. The first-order chi connectivity index (χ1) is 6.68. The second kappa shape index (κ2) is 4.11. The topological polar surface area (TPSA) is 33.6 Å². The molecular weight excluding hydrogens is 196 g/mol. The van der Waals surface area contributed by atoms with Gasteiger partial charge in [0.05, 0.1) is 12.1 Å². The molecule has 80 valence electrons. The van der Waals surface area contributed by atoms with Crippen LogP contribution in [0, 0.1) is 0 Å². The van der Waals surface area contributed by atoms with Gasteiger partial charge >= 0.3 is 0 Å². The van der Waals surface area contributed by atoms with Crippen LogP contribution in [0.3, 0.4) is 0 Å². The van der Waals surface area contributed by atoms with Crippen molar-refractivity contribution in [3.63, 3.8) is 0 Å². The maximum absolute atomic E-state index is 5.70. The summed E-state index contributed by atoms with van der Waals surface area (Å²) in [6, 6.07) is 0. The van der Waals surface area contributed by atoms with Crippen molar-refractivity contribution in [2.45, 2.75) is 37.5 Å². The lowest BCUT2D eigenvalue weighted by Gasteiger charge is -2.23. The minimum absolute atomic E-state index is 0.0366. The van der Waals surface area contributed by atoms with Crippen LogP contribution in [0.2, 0.25) is 0 Å². The third-order valence-electron chi connectivity index (χ3n) is 2.72. The fourth-order valence-corrected chi connectivity index (χ4v) is 2.65. The monoisotopic (exact) mass is 214 g/mol. The van der Waals surface area contributed by atoms with Crippen molar-refractivity contribution in [1.29, 1.82) is 0 Å². The van der Waals surface area contributed by atoms with Crippen molar-refractivity contribution in [3.05, 3.63) is 0 Å². The predicted molar refractivity (Wildman–Crippen MR) is 60.9 cm³/mol. The Hall–Kier alpha value is -0.220. The number of thioether (sulfide) groups is 1. The maximum atomic E-state index is 5.70. The average molecular weight is 214 g/mol. The van der Waals surface area contributed by atoms with E-state index in [9.17, 15) is 0 Å². The van der Waals surface area contributed by atoms with Crippen molar-refractivity contribution in [2.75, 3.05) is 19.7 Å². The molecule has 0 aromatic heterocycles. The first kappa shape index (κ1) is 10.3. The Morgan fingerprint density at radius 1 is 1.71 bits per heavy atom. The summed E-state index contributed by atoms with van der Waals surface area (Å²) in [7, 11) is 0. The van der Waals surface area contributed by atoms with Crippen LogP contribution in [0.25, 0.3) is 0 Å². The second-order valence-corrected chi connectivity index (χ2v) is 5.76. The van der Waals surface area contributed by atoms with E-state index in [1.54, 1.807) is 0 Å². The lowest BCUT2D eigenvalue weighted by Crippen LogP contribution is -2.38. The predicted octanol–water partition coefficient (Wildman–Crippen LogP) is 1.64. The Balaban J connectivity index is 1.77. The summed E-state index contributed by atoms with van der Waals surface area (Å²) in [5.74, 6) is 0. The van der Waals surface area contributed by atoms with E-state index in [0.29, 0.717) is 5.25 Å². The van der Waals surface area contributed by atoms with Crippen LogP contribution in [-0.2, 0) is 4.74 Å². The van der Waals surface area contributed by atoms with Crippen LogP contribution in [-0.4, -0.2) is 35.7 Å². The summed E-state index contributed by atoms with van der Waals surface area (Å²) in [5.41, 5.74) is 0.0366. The molecule has 0 aromatic carbocycles. The second-order valence-electron chi connectivity index (χ2n) is 4.33. The number of nitrogens with zero attached hydrogens (tertiary/aromatic N) is 1. The van der Waals surface area contributed by atoms with E-state index in [2.05, 4.69) is 24.2 Å². The lowest BCUT2D eigenvalue weighted by atomic mass is 10.0. The van der Waals surface area contributed by atoms with Gasteiger partial charge in [-0.15, -0.1) is 0 Å². The molecule has 0 aromatic rings. The van der Waals surface area contributed by atoms with Crippen molar-refractivity contribution >= 4 is 16.9 Å². The zero-order valence-corrected chi connectivity index (χ0v) is 9.69. The summed E-state index contributed by atoms with van der Waals surface area (Å²) < 4.78 is 5.70. The van der Waals surface area contributed by atoms with E-state index in [4.69, 9.17) is 4.74 Å². The standard InChI is InChI=1S/C10H18N2OS/c1-8-6-11-9(14-8)12-7-10(2)4-3-5-13-10/h8H,3-7H2,1-2H3,(H,11,12). The highest BCUT2D eigenvalue weighted by Crippen LogP contribution is 2.25. The highest BCUT2D eigenvalue weighted by Gasteiger charge is 2.30. The molecule has 1 fully saturated rings. The van der Waals surface area contributed by atoms with Gasteiger partial charge in [0, 0.05) is 18.4 Å². The zero-order valence-electron chi connectivity index (χ0n) is 8.88. The quantitative estimate of drug-likeness (QED) is 0.758. The van der Waals surface area contributed by atoms with Crippen molar-refractivity contribution in [1.82, 2.24) is 5.32 Å². The molecule has 0 bridgehead atoms. The number of amidine groups is 1.